The van der Waals surface area contributed by atoms with Crippen LogP contribution in [-0.4, -0.2) is 36.6 Å². The van der Waals surface area contributed by atoms with Gasteiger partial charge in [0.25, 0.3) is 5.56 Å². The van der Waals surface area contributed by atoms with Crippen LogP contribution in [0.4, 0.5) is 5.69 Å². The largest absolute Gasteiger partial charge is 0.292 e. The summed E-state index contributed by atoms with van der Waals surface area (Å²) in [6, 6.07) is 5.05. The van der Waals surface area contributed by atoms with Gasteiger partial charge in [-0.1, -0.05) is 0 Å². The number of carbonyl (C=O) groups is 1. The average molecular weight is 432 g/mol. The molecule has 1 aliphatic heterocycles. The van der Waals surface area contributed by atoms with E-state index in [1.165, 1.54) is 32.8 Å². The number of aryl methyl sites for hydroxylation is 3. The third-order valence-corrected chi connectivity index (χ3v) is 7.64. The van der Waals surface area contributed by atoms with Gasteiger partial charge in [0.05, 0.1) is 30.2 Å². The molecule has 0 radical (unpaired) electrons. The molecule has 0 fully saturated rings. The van der Waals surface area contributed by atoms with Crippen LogP contribution in [0.5, 0.6) is 0 Å². The first-order valence-corrected chi connectivity index (χ1v) is 11.9. The summed E-state index contributed by atoms with van der Waals surface area (Å²) in [6.45, 7) is 4.17. The first-order valence-electron chi connectivity index (χ1n) is 9.26. The van der Waals surface area contributed by atoms with Gasteiger partial charge in [0.1, 0.15) is 4.83 Å². The van der Waals surface area contributed by atoms with Gasteiger partial charge in [-0.2, -0.15) is 0 Å². The Hall–Kier alpha value is -2.52. The quantitative estimate of drug-likeness (QED) is 0.593. The Morgan fingerprint density at radius 2 is 2.03 bits per heavy atom. The molecule has 4 rings (SSSR count). The maximum absolute atomic E-state index is 12.8. The van der Waals surface area contributed by atoms with Crippen molar-refractivity contribution in [2.24, 2.45) is 0 Å². The second-order valence-electron chi connectivity index (χ2n) is 7.35. The van der Waals surface area contributed by atoms with Crippen LogP contribution in [0.25, 0.3) is 10.2 Å². The molecule has 0 aliphatic carbocycles. The van der Waals surface area contributed by atoms with Gasteiger partial charge in [0, 0.05) is 17.0 Å². The molecular formula is C20H21N3O4S2. The van der Waals surface area contributed by atoms with Crippen LogP contribution in [0.3, 0.4) is 0 Å². The van der Waals surface area contributed by atoms with Crippen LogP contribution in [-0.2, 0) is 23.0 Å². The lowest BCUT2D eigenvalue weighted by Crippen LogP contribution is -2.34. The Bertz CT molecular complexity index is 1310. The van der Waals surface area contributed by atoms with Crippen molar-refractivity contribution in [2.75, 3.05) is 17.1 Å². The van der Waals surface area contributed by atoms with Crippen LogP contribution in [0.1, 0.15) is 32.8 Å². The van der Waals surface area contributed by atoms with Crippen molar-refractivity contribution in [3.63, 3.8) is 0 Å². The van der Waals surface area contributed by atoms with Gasteiger partial charge in [0.15, 0.2) is 5.78 Å². The SMILES string of the molecule is Cc1sc2ncn(CC(=O)c3ccc4c(c3)CCCN4S(C)(=O)=O)c(=O)c2c1C. The molecule has 1 aromatic carbocycles. The van der Waals surface area contributed by atoms with Gasteiger partial charge in [-0.25, -0.2) is 13.4 Å². The molecule has 0 N–H and O–H groups in total. The Balaban J connectivity index is 1.66. The van der Waals surface area contributed by atoms with Crippen molar-refractivity contribution >= 4 is 43.0 Å². The molecule has 29 heavy (non-hydrogen) atoms. The van der Waals surface area contributed by atoms with Crippen molar-refractivity contribution in [2.45, 2.75) is 33.2 Å². The van der Waals surface area contributed by atoms with E-state index in [0.717, 1.165) is 16.0 Å². The minimum absolute atomic E-state index is 0.106. The first kappa shape index (κ1) is 19.8. The van der Waals surface area contributed by atoms with Crippen LogP contribution >= 0.6 is 11.3 Å². The van der Waals surface area contributed by atoms with E-state index >= 15 is 0 Å². The fourth-order valence-corrected chi connectivity index (χ4v) is 5.69. The average Bonchev–Trinajstić information content (AvgIpc) is 2.97. The van der Waals surface area contributed by atoms with Crippen LogP contribution < -0.4 is 9.86 Å². The van der Waals surface area contributed by atoms with E-state index in [2.05, 4.69) is 4.98 Å². The summed E-state index contributed by atoms with van der Waals surface area (Å²) in [5.41, 5.74) is 2.60. The number of carbonyl (C=O) groups excluding carboxylic acids is 1. The van der Waals surface area contributed by atoms with Gasteiger partial charge in [-0.15, -0.1) is 11.3 Å². The molecule has 0 amide bonds. The minimum Gasteiger partial charge on any atom is -0.292 e. The van der Waals surface area contributed by atoms with Crippen molar-refractivity contribution in [3.8, 4) is 0 Å². The molecule has 152 valence electrons. The zero-order valence-electron chi connectivity index (χ0n) is 16.4. The summed E-state index contributed by atoms with van der Waals surface area (Å²) in [6.07, 6.45) is 4.02. The number of thiophene rings is 1. The number of anilines is 1. The number of hydrogen-bond donors (Lipinski definition) is 0. The van der Waals surface area contributed by atoms with E-state index in [9.17, 15) is 18.0 Å². The monoisotopic (exact) mass is 431 g/mol. The maximum atomic E-state index is 12.8. The Kier molecular flexibility index (Phi) is 4.82. The van der Waals surface area contributed by atoms with Gasteiger partial charge >= 0.3 is 0 Å². The number of fused-ring (bicyclic) bond motifs is 2. The molecule has 0 unspecified atom stereocenters. The Labute approximate surface area is 172 Å². The molecule has 0 atom stereocenters. The molecule has 2 aromatic heterocycles. The Morgan fingerprint density at radius 1 is 1.28 bits per heavy atom. The van der Waals surface area contributed by atoms with Crippen LogP contribution in [0.15, 0.2) is 29.3 Å². The normalized spacial score (nSPS) is 14.2. The summed E-state index contributed by atoms with van der Waals surface area (Å²) in [5, 5.41) is 0.567. The fraction of sp³-hybridized carbons (Fsp3) is 0.350. The van der Waals surface area contributed by atoms with E-state index in [4.69, 9.17) is 0 Å². The van der Waals surface area contributed by atoms with Crippen LogP contribution in [0, 0.1) is 13.8 Å². The summed E-state index contributed by atoms with van der Waals surface area (Å²) in [7, 11) is -3.35. The molecule has 0 saturated heterocycles. The van der Waals surface area contributed by atoms with Crippen LogP contribution in [0.2, 0.25) is 0 Å². The van der Waals surface area contributed by atoms with E-state index in [1.54, 1.807) is 18.2 Å². The maximum Gasteiger partial charge on any atom is 0.262 e. The highest BCUT2D eigenvalue weighted by atomic mass is 32.2. The highest BCUT2D eigenvalue weighted by Crippen LogP contribution is 2.30. The van der Waals surface area contributed by atoms with Gasteiger partial charge in [-0.3, -0.25) is 18.5 Å². The first-order chi connectivity index (χ1) is 13.7. The van der Waals surface area contributed by atoms with E-state index in [0.29, 0.717) is 40.9 Å². The number of nitrogens with zero attached hydrogens (tertiary/aromatic N) is 3. The van der Waals surface area contributed by atoms with Gasteiger partial charge in [-0.05, 0) is 56.0 Å². The molecule has 9 heteroatoms. The topological polar surface area (TPSA) is 89.3 Å². The van der Waals surface area contributed by atoms with Crippen molar-refractivity contribution in [3.05, 3.63) is 56.4 Å². The lowest BCUT2D eigenvalue weighted by atomic mass is 9.99. The van der Waals surface area contributed by atoms with E-state index in [-0.39, 0.29) is 17.9 Å². The third kappa shape index (κ3) is 3.49. The molecule has 0 bridgehead atoms. The highest BCUT2D eigenvalue weighted by Gasteiger charge is 2.25. The number of ketones is 1. The lowest BCUT2D eigenvalue weighted by molar-refractivity contribution is 0.0970. The summed E-state index contributed by atoms with van der Waals surface area (Å²) < 4.78 is 26.7. The zero-order chi connectivity index (χ0) is 20.9. The Morgan fingerprint density at radius 3 is 2.76 bits per heavy atom. The predicted molar refractivity (Wildman–Crippen MR) is 115 cm³/mol. The van der Waals surface area contributed by atoms with E-state index < -0.39 is 10.0 Å². The van der Waals surface area contributed by atoms with Crippen molar-refractivity contribution < 1.29 is 13.2 Å². The molecule has 0 spiro atoms. The van der Waals surface area contributed by atoms with Crippen molar-refractivity contribution in [1.82, 2.24) is 9.55 Å². The molecule has 3 aromatic rings. The second-order valence-corrected chi connectivity index (χ2v) is 10.5. The lowest BCUT2D eigenvalue weighted by Gasteiger charge is -2.29. The van der Waals surface area contributed by atoms with Crippen molar-refractivity contribution in [1.29, 1.82) is 0 Å². The van der Waals surface area contributed by atoms with Gasteiger partial charge < -0.3 is 0 Å². The molecule has 7 nitrogen and oxygen atoms in total. The summed E-state index contributed by atoms with van der Waals surface area (Å²) in [4.78, 5) is 31.7. The zero-order valence-corrected chi connectivity index (χ0v) is 18.1. The molecular weight excluding hydrogens is 410 g/mol. The predicted octanol–water partition coefficient (Wildman–Crippen LogP) is 2.67. The number of sulfonamides is 1. The smallest absolute Gasteiger partial charge is 0.262 e. The molecule has 1 aliphatic rings. The molecule has 3 heterocycles. The summed E-state index contributed by atoms with van der Waals surface area (Å²) >= 11 is 1.47. The number of Topliss-reactive ketones (excluding diaryl/α,β-unsaturated/α-hetero) is 1. The standard InChI is InChI=1S/C20H21N3O4S2/c1-12-13(2)28-19-18(12)20(25)22(11-21-19)10-17(24)15-6-7-16-14(9-15)5-4-8-23(16)29(3,26)27/h6-7,9,11H,4-5,8,10H2,1-3H3. The second kappa shape index (κ2) is 7.07. The van der Waals surface area contributed by atoms with E-state index in [1.807, 2.05) is 13.8 Å². The highest BCUT2D eigenvalue weighted by molar-refractivity contribution is 7.92. The number of rotatable bonds is 4. The number of hydrogen-bond acceptors (Lipinski definition) is 6. The summed E-state index contributed by atoms with van der Waals surface area (Å²) in [5.74, 6) is -0.211. The van der Waals surface area contributed by atoms with Gasteiger partial charge in [0.2, 0.25) is 10.0 Å². The third-order valence-electron chi connectivity index (χ3n) is 5.35. The number of benzene rings is 1. The molecule has 0 saturated carbocycles. The minimum atomic E-state index is -3.35. The number of aromatic nitrogens is 2. The fourth-order valence-electron chi connectivity index (χ4n) is 3.71.